The molecule has 3 aromatic heterocycles. The number of carboxylic acids is 1. The lowest BCUT2D eigenvalue weighted by Crippen LogP contribution is -2.42. The molecule has 1 atom stereocenters. The Morgan fingerprint density at radius 2 is 1.89 bits per heavy atom. The number of nitrogens with zero attached hydrogens (tertiary/aromatic N) is 5. The van der Waals surface area contributed by atoms with Gasteiger partial charge in [0.05, 0.1) is 27.5 Å². The molecule has 234 valence electrons. The summed E-state index contributed by atoms with van der Waals surface area (Å²) in [4.78, 5) is 28.5. The molecule has 7 rings (SSSR count). The number of rotatable bonds is 9. The van der Waals surface area contributed by atoms with Crippen molar-refractivity contribution in [1.29, 1.82) is 0 Å². The molecule has 0 bridgehead atoms. The fraction of sp³-hybridized carbons (Fsp3) is 0.400. The number of carboxylic acid groups (broad SMARTS) is 1. The van der Waals surface area contributed by atoms with Crippen molar-refractivity contribution in [3.63, 3.8) is 0 Å². The molecule has 1 fully saturated rings. The lowest BCUT2D eigenvalue weighted by Gasteiger charge is -2.34. The maximum absolute atomic E-state index is 14.8. The van der Waals surface area contributed by atoms with Crippen LogP contribution in [-0.4, -0.2) is 55.7 Å². The first kappa shape index (κ1) is 29.6. The van der Waals surface area contributed by atoms with Gasteiger partial charge in [-0.3, -0.25) is 9.48 Å². The first-order chi connectivity index (χ1) is 21.6. The van der Waals surface area contributed by atoms with Crippen molar-refractivity contribution in [3.8, 4) is 11.1 Å². The molecule has 2 aliphatic rings. The highest BCUT2D eigenvalue weighted by Gasteiger charge is 2.37. The maximum atomic E-state index is 14.8. The van der Waals surface area contributed by atoms with E-state index in [1.54, 1.807) is 18.2 Å². The van der Waals surface area contributed by atoms with E-state index in [9.17, 15) is 14.7 Å². The number of fused-ring (bicyclic) bond motifs is 4. The fourth-order valence-corrected chi connectivity index (χ4v) is 7.36. The van der Waals surface area contributed by atoms with Crippen molar-refractivity contribution in [2.45, 2.75) is 52.5 Å². The van der Waals surface area contributed by atoms with Crippen LogP contribution in [0.25, 0.3) is 32.9 Å². The number of ether oxygens (including phenoxy) is 1. The van der Waals surface area contributed by atoms with E-state index in [1.807, 2.05) is 54.4 Å². The second-order valence-electron chi connectivity index (χ2n) is 12.7. The summed E-state index contributed by atoms with van der Waals surface area (Å²) in [7, 11) is 3.85. The molecule has 0 saturated heterocycles. The van der Waals surface area contributed by atoms with Gasteiger partial charge in [0, 0.05) is 79.2 Å². The number of hydrogen-bond donors (Lipinski definition) is 1. The summed E-state index contributed by atoms with van der Waals surface area (Å²) in [5.74, 6) is -0.406. The Morgan fingerprint density at radius 1 is 1.11 bits per heavy atom. The Balaban J connectivity index is 1.41. The van der Waals surface area contributed by atoms with Crippen LogP contribution in [0, 0.1) is 19.8 Å². The van der Waals surface area contributed by atoms with E-state index in [4.69, 9.17) is 21.4 Å². The molecule has 9 nitrogen and oxygen atoms in total. The molecule has 0 unspecified atom stereocenters. The molecule has 1 N–H and O–H groups in total. The first-order valence-corrected chi connectivity index (χ1v) is 16.0. The van der Waals surface area contributed by atoms with Gasteiger partial charge < -0.3 is 23.9 Å². The molecule has 10 heteroatoms. The van der Waals surface area contributed by atoms with Gasteiger partial charge in [0.15, 0.2) is 0 Å². The summed E-state index contributed by atoms with van der Waals surface area (Å²) >= 11 is 7.02. The molecule has 0 radical (unpaired) electrons. The molecule has 1 aliphatic heterocycles. The molecular weight excluding hydrogens is 590 g/mol. The Kier molecular flexibility index (Phi) is 7.28. The molecular formula is C35H38ClN5O4. The number of amides is 1. The predicted molar refractivity (Wildman–Crippen MR) is 177 cm³/mol. The summed E-state index contributed by atoms with van der Waals surface area (Å²) < 4.78 is 12.0. The van der Waals surface area contributed by atoms with Gasteiger partial charge in [0.2, 0.25) is 0 Å². The Labute approximate surface area is 266 Å². The van der Waals surface area contributed by atoms with Crippen molar-refractivity contribution in [2.24, 2.45) is 20.0 Å². The van der Waals surface area contributed by atoms with E-state index in [2.05, 4.69) is 17.6 Å². The number of halogens is 1. The van der Waals surface area contributed by atoms with Crippen LogP contribution in [0.4, 0.5) is 5.69 Å². The smallest absolute Gasteiger partial charge is 0.335 e. The predicted octanol–water partition coefficient (Wildman–Crippen LogP) is 7.08. The minimum absolute atomic E-state index is 0.0903. The van der Waals surface area contributed by atoms with Crippen LogP contribution in [-0.2, 0) is 25.3 Å². The summed E-state index contributed by atoms with van der Waals surface area (Å²) in [5.41, 5.74) is 8.15. The molecule has 45 heavy (non-hydrogen) atoms. The monoisotopic (exact) mass is 627 g/mol. The third kappa shape index (κ3) is 4.84. The van der Waals surface area contributed by atoms with Gasteiger partial charge in [-0.2, -0.15) is 5.10 Å². The topological polar surface area (TPSA) is 94.5 Å². The molecule has 1 amide bonds. The number of hydrogen-bond acceptors (Lipinski definition) is 4. The highest BCUT2D eigenvalue weighted by molar-refractivity contribution is 6.35. The number of carbonyl (C=O) groups excluding carboxylic acids is 1. The van der Waals surface area contributed by atoms with E-state index in [-0.39, 0.29) is 17.5 Å². The van der Waals surface area contributed by atoms with Gasteiger partial charge >= 0.3 is 5.97 Å². The zero-order valence-electron chi connectivity index (χ0n) is 26.4. The fourth-order valence-electron chi connectivity index (χ4n) is 7.11. The highest BCUT2D eigenvalue weighted by atomic mass is 35.5. The second kappa shape index (κ2) is 11.1. The number of benzene rings is 2. The van der Waals surface area contributed by atoms with Crippen molar-refractivity contribution >= 4 is 51.0 Å². The van der Waals surface area contributed by atoms with Crippen LogP contribution >= 0.6 is 11.6 Å². The van der Waals surface area contributed by atoms with E-state index in [0.717, 1.165) is 62.9 Å². The second-order valence-corrected chi connectivity index (χ2v) is 13.1. The Morgan fingerprint density at radius 3 is 2.58 bits per heavy atom. The standard InChI is InChI=1S/C35H38ClN5O4/c1-19-16-40(29-17-38(4)28-13-10-23(35(43)44)15-26(28)29)34(42)33-24(7-6-14-45-18-22-8-9-22)25-11-12-27(36)31(32(25)41(19)33)30-20(2)37-39(5)21(30)3/h10-13,15,17,19,22H,6-9,14,16,18H2,1-5H3,(H,43,44)/t19-/m1/s1. The third-order valence-electron chi connectivity index (χ3n) is 9.59. The summed E-state index contributed by atoms with van der Waals surface area (Å²) in [6, 6.07) is 8.97. The maximum Gasteiger partial charge on any atom is 0.335 e. The molecule has 4 heterocycles. The van der Waals surface area contributed by atoms with Gasteiger partial charge in [-0.25, -0.2) is 4.79 Å². The average molecular weight is 628 g/mol. The molecule has 1 aliphatic carbocycles. The van der Waals surface area contributed by atoms with Crippen LogP contribution in [0.5, 0.6) is 0 Å². The van der Waals surface area contributed by atoms with Crippen molar-refractivity contribution in [2.75, 3.05) is 24.7 Å². The minimum Gasteiger partial charge on any atom is -0.478 e. The van der Waals surface area contributed by atoms with Crippen molar-refractivity contribution in [1.82, 2.24) is 18.9 Å². The van der Waals surface area contributed by atoms with Gasteiger partial charge in [0.25, 0.3) is 5.91 Å². The average Bonchev–Trinajstić information content (AvgIpc) is 3.62. The van der Waals surface area contributed by atoms with Crippen LogP contribution < -0.4 is 4.90 Å². The molecule has 5 aromatic rings. The number of aromatic carboxylic acids is 1. The van der Waals surface area contributed by atoms with Gasteiger partial charge in [0.1, 0.15) is 5.69 Å². The van der Waals surface area contributed by atoms with Crippen molar-refractivity contribution < 1.29 is 19.4 Å². The zero-order valence-corrected chi connectivity index (χ0v) is 27.1. The van der Waals surface area contributed by atoms with Gasteiger partial charge in [-0.15, -0.1) is 0 Å². The number of aryl methyl sites for hydroxylation is 4. The largest absolute Gasteiger partial charge is 0.478 e. The highest BCUT2D eigenvalue weighted by Crippen LogP contribution is 2.45. The van der Waals surface area contributed by atoms with Crippen molar-refractivity contribution in [3.05, 3.63) is 69.8 Å². The van der Waals surface area contributed by atoms with E-state index in [1.165, 1.54) is 12.8 Å². The van der Waals surface area contributed by atoms with E-state index >= 15 is 0 Å². The zero-order chi connectivity index (χ0) is 31.7. The van der Waals surface area contributed by atoms with Crippen LogP contribution in [0.2, 0.25) is 5.02 Å². The number of anilines is 1. The van der Waals surface area contributed by atoms with Crippen LogP contribution in [0.15, 0.2) is 36.5 Å². The Hall–Kier alpha value is -4.08. The van der Waals surface area contributed by atoms with Gasteiger partial charge in [-0.1, -0.05) is 17.7 Å². The molecule has 1 saturated carbocycles. The van der Waals surface area contributed by atoms with E-state index < -0.39 is 5.97 Å². The summed E-state index contributed by atoms with van der Waals surface area (Å²) in [6.45, 7) is 8.04. The molecule has 2 aromatic carbocycles. The SMILES string of the molecule is Cc1nn(C)c(C)c1-c1c(Cl)ccc2c(CCCOCC3CC3)c3n(c12)[C@H](C)CN(c1cn(C)c2ccc(C(=O)O)cc12)C3=O. The quantitative estimate of drug-likeness (QED) is 0.176. The summed E-state index contributed by atoms with van der Waals surface area (Å²) in [6.07, 6.45) is 5.90. The third-order valence-corrected chi connectivity index (χ3v) is 9.90. The lowest BCUT2D eigenvalue weighted by atomic mass is 9.98. The van der Waals surface area contributed by atoms with Crippen LogP contribution in [0.1, 0.15) is 70.0 Å². The summed E-state index contributed by atoms with van der Waals surface area (Å²) in [5, 5.41) is 16.8. The number of aromatic nitrogens is 4. The normalized spacial score (nSPS) is 16.7. The van der Waals surface area contributed by atoms with Crippen LogP contribution in [0.3, 0.4) is 0 Å². The molecule has 0 spiro atoms. The van der Waals surface area contributed by atoms with Gasteiger partial charge in [-0.05, 0) is 82.2 Å². The van der Waals surface area contributed by atoms with E-state index in [0.29, 0.717) is 41.9 Å². The number of carbonyl (C=O) groups is 2. The Bertz CT molecular complexity index is 2010. The first-order valence-electron chi connectivity index (χ1n) is 15.6. The lowest BCUT2D eigenvalue weighted by molar-refractivity contribution is 0.0696. The minimum atomic E-state index is -0.998.